The van der Waals surface area contributed by atoms with Crippen LogP contribution in [0, 0.1) is 0 Å². The van der Waals surface area contributed by atoms with Crippen LogP contribution in [-0.4, -0.2) is 32.1 Å². The van der Waals surface area contributed by atoms with Gasteiger partial charge in [0.25, 0.3) is 11.8 Å². The minimum absolute atomic E-state index is 0.289. The van der Waals surface area contributed by atoms with E-state index >= 15 is 0 Å². The maximum absolute atomic E-state index is 11.6. The molecule has 2 N–H and O–H groups in total. The maximum atomic E-state index is 11.6. The zero-order valence-corrected chi connectivity index (χ0v) is 11.2. The molecule has 0 aliphatic heterocycles. The average molecular weight is 271 g/mol. The number of nitrogens with one attached hydrogen (secondary N) is 2. The van der Waals surface area contributed by atoms with Crippen LogP contribution < -0.4 is 10.6 Å². The predicted octanol–water partition coefficient (Wildman–Crippen LogP) is 1.67. The quantitative estimate of drug-likeness (QED) is 0.875. The van der Waals surface area contributed by atoms with Crippen LogP contribution in [0.1, 0.15) is 17.3 Å². The fourth-order valence-corrected chi connectivity index (χ4v) is 1.47. The van der Waals surface area contributed by atoms with E-state index in [0.29, 0.717) is 16.3 Å². The minimum Gasteiger partial charge on any atom is -0.372 e. The summed E-state index contributed by atoms with van der Waals surface area (Å²) >= 11 is 5.90. The van der Waals surface area contributed by atoms with Crippen molar-refractivity contribution in [3.05, 3.63) is 28.8 Å². The van der Waals surface area contributed by atoms with Crippen molar-refractivity contribution in [2.45, 2.75) is 13.0 Å². The van der Waals surface area contributed by atoms with Crippen molar-refractivity contribution in [1.82, 2.24) is 5.32 Å². The lowest BCUT2D eigenvalue weighted by atomic mass is 10.2. The van der Waals surface area contributed by atoms with E-state index < -0.39 is 6.10 Å². The Hall–Kier alpha value is -1.59. The minimum atomic E-state index is -0.566. The molecule has 0 aromatic heterocycles. The van der Waals surface area contributed by atoms with E-state index in [1.165, 1.54) is 20.2 Å². The number of methoxy groups -OCH3 is 1. The van der Waals surface area contributed by atoms with Gasteiger partial charge in [-0.15, -0.1) is 0 Å². The van der Waals surface area contributed by atoms with Gasteiger partial charge in [0.05, 0.1) is 10.6 Å². The zero-order valence-electron chi connectivity index (χ0n) is 10.4. The lowest BCUT2D eigenvalue weighted by Crippen LogP contribution is -2.26. The zero-order chi connectivity index (χ0) is 13.7. The summed E-state index contributed by atoms with van der Waals surface area (Å²) in [5.74, 6) is -0.599. The Labute approximate surface area is 110 Å². The second-order valence-electron chi connectivity index (χ2n) is 3.64. The molecular weight excluding hydrogens is 256 g/mol. The van der Waals surface area contributed by atoms with Gasteiger partial charge < -0.3 is 15.4 Å². The third kappa shape index (κ3) is 3.45. The van der Waals surface area contributed by atoms with Crippen molar-refractivity contribution in [2.75, 3.05) is 19.5 Å². The van der Waals surface area contributed by atoms with Crippen LogP contribution in [0.25, 0.3) is 0 Å². The van der Waals surface area contributed by atoms with Gasteiger partial charge in [-0.1, -0.05) is 11.6 Å². The van der Waals surface area contributed by atoms with Gasteiger partial charge in [-0.25, -0.2) is 0 Å². The summed E-state index contributed by atoms with van der Waals surface area (Å²) in [7, 11) is 2.96. The highest BCUT2D eigenvalue weighted by atomic mass is 35.5. The summed E-state index contributed by atoms with van der Waals surface area (Å²) in [5.41, 5.74) is 0.800. The molecule has 1 rings (SSSR count). The van der Waals surface area contributed by atoms with Crippen molar-refractivity contribution in [2.24, 2.45) is 0 Å². The van der Waals surface area contributed by atoms with Crippen LogP contribution in [-0.2, 0) is 9.53 Å². The summed E-state index contributed by atoms with van der Waals surface area (Å²) in [6.07, 6.45) is -0.566. The number of amides is 2. The average Bonchev–Trinajstić information content (AvgIpc) is 2.38. The molecule has 1 aromatic carbocycles. The number of halogens is 1. The van der Waals surface area contributed by atoms with Crippen molar-refractivity contribution in [3.8, 4) is 0 Å². The summed E-state index contributed by atoms with van der Waals surface area (Å²) in [6, 6.07) is 4.69. The lowest BCUT2D eigenvalue weighted by molar-refractivity contribution is -0.124. The number of benzene rings is 1. The van der Waals surface area contributed by atoms with Crippen LogP contribution >= 0.6 is 11.6 Å². The fraction of sp³-hybridized carbons (Fsp3) is 0.333. The van der Waals surface area contributed by atoms with E-state index in [4.69, 9.17) is 16.3 Å². The van der Waals surface area contributed by atoms with Gasteiger partial charge in [0.2, 0.25) is 0 Å². The normalized spacial score (nSPS) is 11.8. The van der Waals surface area contributed by atoms with Crippen LogP contribution in [0.4, 0.5) is 5.69 Å². The maximum Gasteiger partial charge on any atom is 0.253 e. The molecule has 0 radical (unpaired) electrons. The van der Waals surface area contributed by atoms with E-state index in [2.05, 4.69) is 10.6 Å². The van der Waals surface area contributed by atoms with Gasteiger partial charge in [-0.2, -0.15) is 0 Å². The molecule has 0 heterocycles. The first-order chi connectivity index (χ1) is 8.49. The number of anilines is 1. The molecule has 0 fully saturated rings. The molecule has 0 spiro atoms. The Morgan fingerprint density at radius 1 is 1.39 bits per heavy atom. The third-order valence-corrected chi connectivity index (χ3v) is 2.76. The van der Waals surface area contributed by atoms with E-state index in [-0.39, 0.29) is 11.8 Å². The number of ether oxygens (including phenoxy) is 1. The van der Waals surface area contributed by atoms with Gasteiger partial charge in [0.15, 0.2) is 0 Å². The number of carbonyl (C=O) groups is 2. The molecule has 1 atom stereocenters. The molecule has 0 bridgehead atoms. The van der Waals surface area contributed by atoms with Crippen molar-refractivity contribution in [3.63, 3.8) is 0 Å². The van der Waals surface area contributed by atoms with Crippen LogP contribution in [0.3, 0.4) is 0 Å². The molecular formula is C12H15ClN2O3. The van der Waals surface area contributed by atoms with Gasteiger partial charge >= 0.3 is 0 Å². The van der Waals surface area contributed by atoms with Crippen LogP contribution in [0.5, 0.6) is 0 Å². The molecule has 0 aliphatic carbocycles. The van der Waals surface area contributed by atoms with E-state index in [0.717, 1.165) is 0 Å². The molecule has 5 nitrogen and oxygen atoms in total. The molecule has 0 saturated heterocycles. The van der Waals surface area contributed by atoms with Crippen molar-refractivity contribution < 1.29 is 14.3 Å². The summed E-state index contributed by atoms with van der Waals surface area (Å²) in [5, 5.41) is 5.44. The smallest absolute Gasteiger partial charge is 0.253 e. The highest BCUT2D eigenvalue weighted by Gasteiger charge is 2.14. The first kappa shape index (κ1) is 14.5. The van der Waals surface area contributed by atoms with E-state index in [1.54, 1.807) is 19.1 Å². The second-order valence-corrected chi connectivity index (χ2v) is 4.05. The van der Waals surface area contributed by atoms with Crippen LogP contribution in [0.15, 0.2) is 18.2 Å². The standard InChI is InChI=1S/C12H15ClN2O3/c1-7(18-3)11(16)15-8-4-5-10(13)9(6-8)12(17)14-2/h4-7H,1-3H3,(H,14,17)(H,15,16). The first-order valence-corrected chi connectivity index (χ1v) is 5.72. The number of carbonyl (C=O) groups excluding carboxylic acids is 2. The van der Waals surface area contributed by atoms with Crippen molar-refractivity contribution >= 4 is 29.1 Å². The van der Waals surface area contributed by atoms with Gasteiger partial charge in [0.1, 0.15) is 6.10 Å². The SMILES string of the molecule is CNC(=O)c1cc(NC(=O)C(C)OC)ccc1Cl. The molecule has 0 aliphatic rings. The summed E-state index contributed by atoms with van der Waals surface area (Å²) in [4.78, 5) is 23.1. The van der Waals surface area contributed by atoms with Crippen LogP contribution in [0.2, 0.25) is 5.02 Å². The number of hydrogen-bond donors (Lipinski definition) is 2. The van der Waals surface area contributed by atoms with Gasteiger partial charge in [-0.05, 0) is 25.1 Å². The first-order valence-electron chi connectivity index (χ1n) is 5.35. The second kappa shape index (κ2) is 6.37. The Morgan fingerprint density at radius 2 is 2.06 bits per heavy atom. The van der Waals surface area contributed by atoms with Gasteiger partial charge in [-0.3, -0.25) is 9.59 Å². The summed E-state index contributed by atoms with van der Waals surface area (Å²) in [6.45, 7) is 1.63. The number of hydrogen-bond acceptors (Lipinski definition) is 3. The lowest BCUT2D eigenvalue weighted by Gasteiger charge is -2.11. The largest absolute Gasteiger partial charge is 0.372 e. The topological polar surface area (TPSA) is 67.4 Å². The van der Waals surface area contributed by atoms with E-state index in [9.17, 15) is 9.59 Å². The molecule has 1 unspecified atom stereocenters. The van der Waals surface area contributed by atoms with Crippen molar-refractivity contribution in [1.29, 1.82) is 0 Å². The molecule has 18 heavy (non-hydrogen) atoms. The number of rotatable bonds is 4. The monoisotopic (exact) mass is 270 g/mol. The molecule has 6 heteroatoms. The predicted molar refractivity (Wildman–Crippen MR) is 69.9 cm³/mol. The molecule has 0 saturated carbocycles. The Balaban J connectivity index is 2.92. The third-order valence-electron chi connectivity index (χ3n) is 2.43. The Morgan fingerprint density at radius 3 is 2.61 bits per heavy atom. The molecule has 1 aromatic rings. The molecule has 2 amide bonds. The molecule has 98 valence electrons. The fourth-order valence-electron chi connectivity index (χ4n) is 1.26. The highest BCUT2D eigenvalue weighted by Crippen LogP contribution is 2.20. The van der Waals surface area contributed by atoms with E-state index in [1.807, 2.05) is 0 Å². The Bertz CT molecular complexity index is 463. The Kier molecular flexibility index (Phi) is 5.12. The summed E-state index contributed by atoms with van der Waals surface area (Å²) < 4.78 is 4.89. The highest BCUT2D eigenvalue weighted by molar-refractivity contribution is 6.34. The van der Waals surface area contributed by atoms with Gasteiger partial charge in [0, 0.05) is 19.8 Å².